The minimum absolute atomic E-state index is 1.26. The van der Waals surface area contributed by atoms with E-state index in [2.05, 4.69) is 61.7 Å². The second-order valence-corrected chi connectivity index (χ2v) is 4.71. The second-order valence-electron chi connectivity index (χ2n) is 3.77. The van der Waals surface area contributed by atoms with Crippen molar-refractivity contribution in [2.24, 2.45) is 0 Å². The first-order chi connectivity index (χ1) is 7.24. The zero-order chi connectivity index (χ0) is 10.7. The standard InChI is InChI=1S/C14H14S/c1-11-3-5-13(6-4-11)7-8-14-9-12(2)10-15-14/h3-10H,1-2H3/b8-7+. The summed E-state index contributed by atoms with van der Waals surface area (Å²) in [6, 6.07) is 10.8. The Morgan fingerprint density at radius 2 is 1.67 bits per heavy atom. The van der Waals surface area contributed by atoms with Crippen molar-refractivity contribution in [2.45, 2.75) is 13.8 Å². The van der Waals surface area contributed by atoms with E-state index in [9.17, 15) is 0 Å². The molecule has 0 radical (unpaired) electrons. The third-order valence-electron chi connectivity index (χ3n) is 2.27. The van der Waals surface area contributed by atoms with Crippen LogP contribution in [0.25, 0.3) is 12.2 Å². The van der Waals surface area contributed by atoms with Gasteiger partial charge in [-0.2, -0.15) is 0 Å². The van der Waals surface area contributed by atoms with Crippen LogP contribution in [0.4, 0.5) is 0 Å². The lowest BCUT2D eigenvalue weighted by Gasteiger charge is -1.93. The Kier molecular flexibility index (Phi) is 3.02. The molecule has 0 unspecified atom stereocenters. The fourth-order valence-electron chi connectivity index (χ4n) is 1.40. The zero-order valence-electron chi connectivity index (χ0n) is 9.03. The molecule has 0 nitrogen and oxygen atoms in total. The minimum Gasteiger partial charge on any atom is -0.144 e. The van der Waals surface area contributed by atoms with Gasteiger partial charge >= 0.3 is 0 Å². The summed E-state index contributed by atoms with van der Waals surface area (Å²) in [5.74, 6) is 0. The van der Waals surface area contributed by atoms with Crippen LogP contribution in [-0.2, 0) is 0 Å². The molecule has 76 valence electrons. The molecule has 0 amide bonds. The maximum absolute atomic E-state index is 2.20. The summed E-state index contributed by atoms with van der Waals surface area (Å²) >= 11 is 1.79. The number of rotatable bonds is 2. The molecule has 0 fully saturated rings. The smallest absolute Gasteiger partial charge is 0.0273 e. The van der Waals surface area contributed by atoms with Crippen molar-refractivity contribution in [1.82, 2.24) is 0 Å². The third-order valence-corrected chi connectivity index (χ3v) is 3.28. The van der Waals surface area contributed by atoms with Gasteiger partial charge in [-0.25, -0.2) is 0 Å². The summed E-state index contributed by atoms with van der Waals surface area (Å²) in [7, 11) is 0. The van der Waals surface area contributed by atoms with Crippen LogP contribution in [-0.4, -0.2) is 0 Å². The quantitative estimate of drug-likeness (QED) is 0.688. The van der Waals surface area contributed by atoms with E-state index in [4.69, 9.17) is 0 Å². The molecule has 1 aromatic carbocycles. The van der Waals surface area contributed by atoms with Gasteiger partial charge in [0, 0.05) is 4.88 Å². The van der Waals surface area contributed by atoms with E-state index in [1.807, 2.05) is 0 Å². The van der Waals surface area contributed by atoms with Crippen LogP contribution >= 0.6 is 11.3 Å². The van der Waals surface area contributed by atoms with Crippen LogP contribution in [0.2, 0.25) is 0 Å². The van der Waals surface area contributed by atoms with Gasteiger partial charge in [-0.3, -0.25) is 0 Å². The topological polar surface area (TPSA) is 0 Å². The molecule has 0 atom stereocenters. The highest BCUT2D eigenvalue weighted by molar-refractivity contribution is 7.11. The SMILES string of the molecule is Cc1ccc(/C=C/c2cc(C)cs2)cc1. The predicted molar refractivity (Wildman–Crippen MR) is 69.2 cm³/mol. The highest BCUT2D eigenvalue weighted by Gasteiger charge is 1.91. The number of hydrogen-bond acceptors (Lipinski definition) is 1. The molecule has 0 saturated carbocycles. The summed E-state index contributed by atoms with van der Waals surface area (Å²) in [6.45, 7) is 4.23. The summed E-state index contributed by atoms with van der Waals surface area (Å²) < 4.78 is 0. The van der Waals surface area contributed by atoms with E-state index < -0.39 is 0 Å². The average molecular weight is 214 g/mol. The molecule has 0 aliphatic heterocycles. The van der Waals surface area contributed by atoms with E-state index in [-0.39, 0.29) is 0 Å². The average Bonchev–Trinajstić information content (AvgIpc) is 2.64. The molecule has 0 aliphatic carbocycles. The fraction of sp³-hybridized carbons (Fsp3) is 0.143. The molecule has 15 heavy (non-hydrogen) atoms. The van der Waals surface area contributed by atoms with Gasteiger partial charge in [0.15, 0.2) is 0 Å². The van der Waals surface area contributed by atoms with Crippen LogP contribution in [0.3, 0.4) is 0 Å². The molecular formula is C14H14S. The molecule has 2 rings (SSSR count). The van der Waals surface area contributed by atoms with Gasteiger partial charge in [0.1, 0.15) is 0 Å². The van der Waals surface area contributed by atoms with Crippen molar-refractivity contribution < 1.29 is 0 Å². The Hall–Kier alpha value is -1.34. The van der Waals surface area contributed by atoms with Crippen molar-refractivity contribution in [3.63, 3.8) is 0 Å². The molecule has 2 aromatic rings. The normalized spacial score (nSPS) is 11.1. The lowest BCUT2D eigenvalue weighted by atomic mass is 10.1. The van der Waals surface area contributed by atoms with Crippen molar-refractivity contribution in [3.8, 4) is 0 Å². The maximum atomic E-state index is 2.20. The van der Waals surface area contributed by atoms with E-state index in [1.54, 1.807) is 11.3 Å². The molecular weight excluding hydrogens is 200 g/mol. The Labute approximate surface area is 94.9 Å². The molecule has 1 heterocycles. The highest BCUT2D eigenvalue weighted by atomic mass is 32.1. The lowest BCUT2D eigenvalue weighted by Crippen LogP contribution is -1.72. The van der Waals surface area contributed by atoms with Crippen LogP contribution in [0.1, 0.15) is 21.6 Å². The van der Waals surface area contributed by atoms with Crippen LogP contribution in [0.15, 0.2) is 35.7 Å². The first-order valence-corrected chi connectivity index (χ1v) is 5.92. The predicted octanol–water partition coefficient (Wildman–Crippen LogP) is 4.54. The lowest BCUT2D eigenvalue weighted by molar-refractivity contribution is 1.46. The van der Waals surface area contributed by atoms with Gasteiger partial charge in [0.25, 0.3) is 0 Å². The van der Waals surface area contributed by atoms with Gasteiger partial charge in [-0.1, -0.05) is 35.9 Å². The third kappa shape index (κ3) is 2.80. The van der Waals surface area contributed by atoms with Gasteiger partial charge in [0.05, 0.1) is 0 Å². The Morgan fingerprint density at radius 3 is 2.27 bits per heavy atom. The summed E-state index contributed by atoms with van der Waals surface area (Å²) in [4.78, 5) is 1.31. The Bertz CT molecular complexity index is 460. The van der Waals surface area contributed by atoms with Crippen LogP contribution < -0.4 is 0 Å². The number of aryl methyl sites for hydroxylation is 2. The molecule has 0 saturated heterocycles. The van der Waals surface area contributed by atoms with Crippen LogP contribution in [0, 0.1) is 13.8 Å². The van der Waals surface area contributed by atoms with E-state index in [1.165, 1.54) is 21.6 Å². The Balaban J connectivity index is 2.14. The van der Waals surface area contributed by atoms with Gasteiger partial charge in [-0.05, 0) is 42.5 Å². The second kappa shape index (κ2) is 4.45. The molecule has 1 aromatic heterocycles. The zero-order valence-corrected chi connectivity index (χ0v) is 9.84. The monoisotopic (exact) mass is 214 g/mol. The van der Waals surface area contributed by atoms with Crippen LogP contribution in [0.5, 0.6) is 0 Å². The first-order valence-electron chi connectivity index (χ1n) is 5.04. The van der Waals surface area contributed by atoms with E-state index in [0.717, 1.165) is 0 Å². The number of hydrogen-bond donors (Lipinski definition) is 0. The summed E-state index contributed by atoms with van der Waals surface area (Å²) in [5.41, 5.74) is 3.90. The Morgan fingerprint density at radius 1 is 0.933 bits per heavy atom. The van der Waals surface area contributed by atoms with Crippen molar-refractivity contribution >= 4 is 23.5 Å². The van der Waals surface area contributed by atoms with Crippen molar-refractivity contribution in [2.75, 3.05) is 0 Å². The largest absolute Gasteiger partial charge is 0.144 e. The number of benzene rings is 1. The highest BCUT2D eigenvalue weighted by Crippen LogP contribution is 2.17. The van der Waals surface area contributed by atoms with Gasteiger partial charge < -0.3 is 0 Å². The van der Waals surface area contributed by atoms with Crippen molar-refractivity contribution in [3.05, 3.63) is 57.3 Å². The van der Waals surface area contributed by atoms with E-state index >= 15 is 0 Å². The summed E-state index contributed by atoms with van der Waals surface area (Å²) in [5, 5.41) is 2.18. The van der Waals surface area contributed by atoms with E-state index in [0.29, 0.717) is 0 Å². The molecule has 0 bridgehead atoms. The van der Waals surface area contributed by atoms with Crippen molar-refractivity contribution in [1.29, 1.82) is 0 Å². The molecule has 0 aliphatic rings. The fourth-order valence-corrected chi connectivity index (χ4v) is 2.19. The number of thiophene rings is 1. The maximum Gasteiger partial charge on any atom is 0.0273 e. The molecule has 0 N–H and O–H groups in total. The van der Waals surface area contributed by atoms with Gasteiger partial charge in [0.2, 0.25) is 0 Å². The minimum atomic E-state index is 1.26. The molecule has 1 heteroatoms. The summed E-state index contributed by atoms with van der Waals surface area (Å²) in [6.07, 6.45) is 4.33. The first kappa shape index (κ1) is 10.2. The molecule has 0 spiro atoms. The van der Waals surface area contributed by atoms with Gasteiger partial charge in [-0.15, -0.1) is 11.3 Å².